The van der Waals surface area contributed by atoms with Crippen molar-refractivity contribution < 1.29 is 75.0 Å². The van der Waals surface area contributed by atoms with Crippen LogP contribution >= 0.6 is 23.5 Å². The number of hydrogen-bond donors (Lipinski definition) is 0. The molecule has 0 N–H and O–H groups in total. The number of hydrogen-bond acceptors (Lipinski definition) is 4. The standard InChI is InChI=1S/C7H11OS.C6H9OS.2Y/c1-3-6-4-5(2)7(8)9-6;1-2-5-3-4-6(7)8-5;;/h6H,3-4H2,1-2H3;4-5H,2-3H2,1H3;;/q2*-1;;/t6-;5-;;/m11../s1. The quantitative estimate of drug-likeness (QED) is 0.602. The van der Waals surface area contributed by atoms with Crippen LogP contribution in [0.1, 0.15) is 46.5 Å². The van der Waals surface area contributed by atoms with Gasteiger partial charge in [-0.15, -0.1) is 36.4 Å². The van der Waals surface area contributed by atoms with E-state index in [0.29, 0.717) is 15.6 Å². The van der Waals surface area contributed by atoms with E-state index in [2.05, 4.69) is 13.8 Å². The molecule has 0 amide bonds. The van der Waals surface area contributed by atoms with Crippen molar-refractivity contribution in [1.29, 1.82) is 0 Å². The van der Waals surface area contributed by atoms with Crippen molar-refractivity contribution in [3.8, 4) is 0 Å². The molecule has 2 aliphatic heterocycles. The summed E-state index contributed by atoms with van der Waals surface area (Å²) in [5.74, 6) is 1.05. The van der Waals surface area contributed by atoms with Crippen molar-refractivity contribution in [2.45, 2.75) is 57.0 Å². The van der Waals surface area contributed by atoms with Gasteiger partial charge in [0.15, 0.2) is 0 Å². The third-order valence-electron chi connectivity index (χ3n) is 2.90. The van der Waals surface area contributed by atoms with Gasteiger partial charge in [-0.1, -0.05) is 13.8 Å². The van der Waals surface area contributed by atoms with Crippen LogP contribution < -0.4 is 0 Å². The maximum atomic E-state index is 10.9. The zero-order valence-electron chi connectivity index (χ0n) is 11.8. The van der Waals surface area contributed by atoms with Crippen LogP contribution in [0, 0.1) is 12.3 Å². The first kappa shape index (κ1) is 23.3. The molecule has 0 aliphatic carbocycles. The first-order valence-corrected chi connectivity index (χ1v) is 7.89. The summed E-state index contributed by atoms with van der Waals surface area (Å²) in [5, 5.41) is 1.73. The maximum Gasteiger partial charge on any atom is 0.0571 e. The number of carbonyl (C=O) groups excluding carboxylic acids is 2. The van der Waals surface area contributed by atoms with Crippen LogP contribution in [0.15, 0.2) is 0 Å². The molecule has 2 saturated heterocycles. The molecule has 2 atom stereocenters. The fourth-order valence-electron chi connectivity index (χ4n) is 1.68. The molecule has 2 fully saturated rings. The van der Waals surface area contributed by atoms with Gasteiger partial charge < -0.3 is 21.9 Å². The average Bonchev–Trinajstić information content (AvgIpc) is 2.87. The largest absolute Gasteiger partial charge is 0.322 e. The molecule has 0 aromatic rings. The van der Waals surface area contributed by atoms with Crippen LogP contribution in [0.4, 0.5) is 0 Å². The normalized spacial score (nSPS) is 24.9. The Morgan fingerprint density at radius 2 is 1.74 bits per heavy atom. The molecule has 2 aliphatic rings. The van der Waals surface area contributed by atoms with Gasteiger partial charge in [0.2, 0.25) is 0 Å². The van der Waals surface area contributed by atoms with Gasteiger partial charge in [-0.3, -0.25) is 0 Å². The maximum absolute atomic E-state index is 10.9. The minimum Gasteiger partial charge on any atom is -0.322 e. The van der Waals surface area contributed by atoms with Gasteiger partial charge in [0.1, 0.15) is 0 Å². The van der Waals surface area contributed by atoms with Gasteiger partial charge in [-0.2, -0.15) is 6.92 Å². The minimum absolute atomic E-state index is 0. The van der Waals surface area contributed by atoms with Gasteiger partial charge in [-0.05, 0) is 23.3 Å². The average molecular weight is 450 g/mol. The Bertz CT molecular complexity index is 288. The van der Waals surface area contributed by atoms with Crippen molar-refractivity contribution in [1.82, 2.24) is 0 Å². The third-order valence-corrected chi connectivity index (χ3v) is 5.55. The van der Waals surface area contributed by atoms with E-state index in [4.69, 9.17) is 0 Å². The number of carbonyl (C=O) groups is 2. The molecule has 2 nitrogen and oxygen atoms in total. The van der Waals surface area contributed by atoms with E-state index >= 15 is 0 Å². The van der Waals surface area contributed by atoms with Crippen LogP contribution in [0.2, 0.25) is 0 Å². The smallest absolute Gasteiger partial charge is 0.0571 e. The molecule has 19 heavy (non-hydrogen) atoms. The Morgan fingerprint density at radius 3 is 1.95 bits per heavy atom. The van der Waals surface area contributed by atoms with Crippen molar-refractivity contribution in [3.63, 3.8) is 0 Å². The van der Waals surface area contributed by atoms with E-state index in [1.807, 2.05) is 6.92 Å². The molecule has 2 heterocycles. The summed E-state index contributed by atoms with van der Waals surface area (Å²) < 4.78 is 0. The van der Waals surface area contributed by atoms with E-state index < -0.39 is 0 Å². The van der Waals surface area contributed by atoms with E-state index in [0.717, 1.165) is 31.6 Å². The van der Waals surface area contributed by atoms with Crippen molar-refractivity contribution in [3.05, 3.63) is 12.3 Å². The van der Waals surface area contributed by atoms with Crippen LogP contribution in [0.25, 0.3) is 0 Å². The van der Waals surface area contributed by atoms with Crippen molar-refractivity contribution >= 4 is 33.8 Å². The summed E-state index contributed by atoms with van der Waals surface area (Å²) in [5.41, 5.74) is 0. The van der Waals surface area contributed by atoms with Crippen LogP contribution in [-0.4, -0.2) is 20.7 Å². The molecule has 0 bridgehead atoms. The van der Waals surface area contributed by atoms with E-state index in [1.165, 1.54) is 23.5 Å². The summed E-state index contributed by atoms with van der Waals surface area (Å²) >= 11 is 2.97. The fourth-order valence-corrected chi connectivity index (χ4v) is 3.65. The summed E-state index contributed by atoms with van der Waals surface area (Å²) in [6.07, 6.45) is 6.01. The molecular weight excluding hydrogens is 430 g/mol. The molecule has 0 aromatic heterocycles. The zero-order chi connectivity index (χ0) is 12.8. The van der Waals surface area contributed by atoms with Gasteiger partial charge in [-0.25, -0.2) is 0 Å². The summed E-state index contributed by atoms with van der Waals surface area (Å²) in [6, 6.07) is 0. The Balaban J connectivity index is 0. The summed E-state index contributed by atoms with van der Waals surface area (Å²) in [4.78, 5) is 21.4. The van der Waals surface area contributed by atoms with Crippen LogP contribution in [0.3, 0.4) is 0 Å². The molecule has 0 aromatic carbocycles. The van der Waals surface area contributed by atoms with Crippen LogP contribution in [0.5, 0.6) is 0 Å². The molecule has 104 valence electrons. The molecule has 2 rings (SSSR count). The second kappa shape index (κ2) is 12.5. The van der Waals surface area contributed by atoms with E-state index in [-0.39, 0.29) is 70.5 Å². The van der Waals surface area contributed by atoms with Gasteiger partial charge >= 0.3 is 0 Å². The molecule has 0 unspecified atom stereocenters. The zero-order valence-corrected chi connectivity index (χ0v) is 19.2. The first-order valence-electron chi connectivity index (χ1n) is 6.14. The molecule has 2 radical (unpaired) electrons. The predicted molar refractivity (Wildman–Crippen MR) is 75.8 cm³/mol. The molecule has 6 heteroatoms. The van der Waals surface area contributed by atoms with E-state index in [9.17, 15) is 9.59 Å². The Labute approximate surface area is 175 Å². The Kier molecular flexibility index (Phi) is 15.3. The SMILES string of the molecule is CC[C@@H]1C[C-](C)C(=O)S1.CC[C@@H]1C[CH-]C(=O)S1.[Y].[Y]. The van der Waals surface area contributed by atoms with Crippen LogP contribution in [-0.2, 0) is 75.0 Å². The Hall–Kier alpha value is 1.99. The Morgan fingerprint density at radius 1 is 1.16 bits per heavy atom. The van der Waals surface area contributed by atoms with E-state index in [1.54, 1.807) is 6.42 Å². The van der Waals surface area contributed by atoms with Gasteiger partial charge in [0.05, 0.1) is 10.2 Å². The molecular formula is C13H20O2S2Y2-2. The number of rotatable bonds is 2. The van der Waals surface area contributed by atoms with Crippen molar-refractivity contribution in [2.75, 3.05) is 0 Å². The third kappa shape index (κ3) is 8.88. The second-order valence-corrected chi connectivity index (χ2v) is 6.90. The molecule has 0 spiro atoms. The second-order valence-electron chi connectivity index (χ2n) is 4.33. The molecule has 0 saturated carbocycles. The first-order chi connectivity index (χ1) is 8.06. The number of thioether (sulfide) groups is 2. The fraction of sp³-hybridized carbons (Fsp3) is 0.692. The van der Waals surface area contributed by atoms with Gasteiger partial charge in [0, 0.05) is 65.4 Å². The summed E-state index contributed by atoms with van der Waals surface area (Å²) in [6.45, 7) is 6.18. The van der Waals surface area contributed by atoms with Crippen molar-refractivity contribution in [2.24, 2.45) is 0 Å². The summed E-state index contributed by atoms with van der Waals surface area (Å²) in [7, 11) is 0. The monoisotopic (exact) mass is 450 g/mol. The van der Waals surface area contributed by atoms with Gasteiger partial charge in [0.25, 0.3) is 0 Å². The minimum atomic E-state index is 0. The topological polar surface area (TPSA) is 34.1 Å². The predicted octanol–water partition coefficient (Wildman–Crippen LogP) is 3.65.